The first kappa shape index (κ1) is 11.6. The van der Waals surface area contributed by atoms with Crippen molar-refractivity contribution in [3.63, 3.8) is 0 Å². The third-order valence-electron chi connectivity index (χ3n) is 2.44. The quantitative estimate of drug-likeness (QED) is 0.883. The van der Waals surface area contributed by atoms with Crippen molar-refractivity contribution in [2.75, 3.05) is 0 Å². The molecule has 90 valence electrons. The third kappa shape index (κ3) is 2.64. The number of hydrogen-bond acceptors (Lipinski definition) is 4. The van der Waals surface area contributed by atoms with Crippen molar-refractivity contribution >= 4 is 0 Å². The Morgan fingerprint density at radius 2 is 2.12 bits per heavy atom. The minimum atomic E-state index is 0.162. The second-order valence-electron chi connectivity index (χ2n) is 4.63. The first-order chi connectivity index (χ1) is 8.06. The molecule has 0 spiro atoms. The van der Waals surface area contributed by atoms with Crippen LogP contribution in [0.4, 0.5) is 0 Å². The molecular weight excluding hydrogens is 216 g/mol. The van der Waals surface area contributed by atoms with E-state index in [0.717, 1.165) is 12.0 Å². The van der Waals surface area contributed by atoms with Gasteiger partial charge in [0.15, 0.2) is 5.82 Å². The maximum absolute atomic E-state index is 9.75. The summed E-state index contributed by atoms with van der Waals surface area (Å²) in [5.41, 5.74) is 1.63. The molecule has 0 aliphatic carbocycles. The minimum Gasteiger partial charge on any atom is -0.507 e. The van der Waals surface area contributed by atoms with Gasteiger partial charge in [-0.3, -0.25) is 0 Å². The summed E-state index contributed by atoms with van der Waals surface area (Å²) in [6.07, 6.45) is 0.774. The number of aromatic hydroxyl groups is 1. The summed E-state index contributed by atoms with van der Waals surface area (Å²) < 4.78 is 5.17. The van der Waals surface area contributed by atoms with Crippen molar-refractivity contribution in [1.29, 1.82) is 0 Å². The SMILES string of the molecule is Cc1ccc(O)c(-c2nc(CC(C)C)no2)c1. The molecule has 0 aliphatic heterocycles. The molecule has 2 rings (SSSR count). The van der Waals surface area contributed by atoms with Crippen LogP contribution in [0, 0.1) is 12.8 Å². The lowest BCUT2D eigenvalue weighted by atomic mass is 10.1. The first-order valence-corrected chi connectivity index (χ1v) is 5.69. The average molecular weight is 232 g/mol. The smallest absolute Gasteiger partial charge is 0.261 e. The Hall–Kier alpha value is -1.84. The van der Waals surface area contributed by atoms with E-state index in [0.29, 0.717) is 23.2 Å². The summed E-state index contributed by atoms with van der Waals surface area (Å²) >= 11 is 0. The highest BCUT2D eigenvalue weighted by molar-refractivity contribution is 5.62. The summed E-state index contributed by atoms with van der Waals surface area (Å²) in [5.74, 6) is 1.69. The van der Waals surface area contributed by atoms with Crippen LogP contribution >= 0.6 is 0 Å². The lowest BCUT2D eigenvalue weighted by Crippen LogP contribution is -1.95. The normalized spacial score (nSPS) is 11.1. The molecule has 0 amide bonds. The summed E-state index contributed by atoms with van der Waals surface area (Å²) in [7, 11) is 0. The number of rotatable bonds is 3. The summed E-state index contributed by atoms with van der Waals surface area (Å²) in [5, 5.41) is 13.7. The monoisotopic (exact) mass is 232 g/mol. The first-order valence-electron chi connectivity index (χ1n) is 5.69. The zero-order valence-electron chi connectivity index (χ0n) is 10.3. The van der Waals surface area contributed by atoms with Gasteiger partial charge < -0.3 is 9.63 Å². The van der Waals surface area contributed by atoms with Crippen LogP contribution in [0.3, 0.4) is 0 Å². The molecule has 0 bridgehead atoms. The number of phenols is 1. The van der Waals surface area contributed by atoms with Crippen molar-refractivity contribution in [1.82, 2.24) is 10.1 Å². The van der Waals surface area contributed by atoms with Gasteiger partial charge in [-0.05, 0) is 25.0 Å². The molecule has 1 aromatic carbocycles. The lowest BCUT2D eigenvalue weighted by molar-refractivity contribution is 0.413. The Kier molecular flexibility index (Phi) is 3.13. The van der Waals surface area contributed by atoms with Crippen LogP contribution in [0.25, 0.3) is 11.5 Å². The Balaban J connectivity index is 2.33. The molecule has 0 saturated carbocycles. The van der Waals surface area contributed by atoms with Gasteiger partial charge >= 0.3 is 0 Å². The second-order valence-corrected chi connectivity index (χ2v) is 4.63. The van der Waals surface area contributed by atoms with E-state index < -0.39 is 0 Å². The summed E-state index contributed by atoms with van der Waals surface area (Å²) in [6, 6.07) is 5.31. The van der Waals surface area contributed by atoms with Crippen LogP contribution < -0.4 is 0 Å². The topological polar surface area (TPSA) is 59.2 Å². The number of nitrogens with zero attached hydrogens (tertiary/aromatic N) is 2. The van der Waals surface area contributed by atoms with E-state index in [4.69, 9.17) is 4.52 Å². The maximum atomic E-state index is 9.75. The van der Waals surface area contributed by atoms with Gasteiger partial charge in [-0.1, -0.05) is 30.6 Å². The van der Waals surface area contributed by atoms with Crippen molar-refractivity contribution in [3.05, 3.63) is 29.6 Å². The van der Waals surface area contributed by atoms with Crippen LogP contribution in [-0.2, 0) is 6.42 Å². The molecule has 0 aliphatic rings. The van der Waals surface area contributed by atoms with Crippen LogP contribution in [0.5, 0.6) is 5.75 Å². The molecule has 1 heterocycles. The largest absolute Gasteiger partial charge is 0.507 e. The molecule has 0 radical (unpaired) electrons. The van der Waals surface area contributed by atoms with Crippen LogP contribution in [-0.4, -0.2) is 15.2 Å². The Bertz CT molecular complexity index is 518. The molecule has 1 aromatic heterocycles. The highest BCUT2D eigenvalue weighted by atomic mass is 16.5. The van der Waals surface area contributed by atoms with E-state index in [2.05, 4.69) is 24.0 Å². The van der Waals surface area contributed by atoms with E-state index in [1.54, 1.807) is 6.07 Å². The Morgan fingerprint density at radius 1 is 1.35 bits per heavy atom. The maximum Gasteiger partial charge on any atom is 0.261 e. The Labute approximate surface area is 100 Å². The van der Waals surface area contributed by atoms with Gasteiger partial charge in [0.05, 0.1) is 5.56 Å². The fourth-order valence-corrected chi connectivity index (χ4v) is 1.63. The van der Waals surface area contributed by atoms with Crippen LogP contribution in [0.2, 0.25) is 0 Å². The highest BCUT2D eigenvalue weighted by Gasteiger charge is 2.13. The van der Waals surface area contributed by atoms with Gasteiger partial charge in [-0.25, -0.2) is 0 Å². The number of aromatic nitrogens is 2. The summed E-state index contributed by atoms with van der Waals surface area (Å²) in [4.78, 5) is 4.28. The zero-order valence-corrected chi connectivity index (χ0v) is 10.3. The average Bonchev–Trinajstić information content (AvgIpc) is 2.69. The molecule has 0 unspecified atom stereocenters. The van der Waals surface area contributed by atoms with Gasteiger partial charge in [0, 0.05) is 6.42 Å². The molecule has 4 nitrogen and oxygen atoms in total. The van der Waals surface area contributed by atoms with Gasteiger partial charge in [-0.15, -0.1) is 0 Å². The molecular formula is C13H16N2O2. The molecule has 0 fully saturated rings. The van der Waals surface area contributed by atoms with E-state index in [-0.39, 0.29) is 5.75 Å². The molecule has 0 atom stereocenters. The van der Waals surface area contributed by atoms with E-state index >= 15 is 0 Å². The molecule has 2 aromatic rings. The molecule has 4 heteroatoms. The number of phenolic OH excluding ortho intramolecular Hbond substituents is 1. The fourth-order valence-electron chi connectivity index (χ4n) is 1.63. The fraction of sp³-hybridized carbons (Fsp3) is 0.385. The Morgan fingerprint density at radius 3 is 2.82 bits per heavy atom. The van der Waals surface area contributed by atoms with E-state index in [1.165, 1.54) is 0 Å². The van der Waals surface area contributed by atoms with Crippen molar-refractivity contribution < 1.29 is 9.63 Å². The number of benzene rings is 1. The van der Waals surface area contributed by atoms with E-state index in [9.17, 15) is 5.11 Å². The second kappa shape index (κ2) is 4.57. The predicted octanol–water partition coefficient (Wildman–Crippen LogP) is 2.95. The van der Waals surface area contributed by atoms with Crippen molar-refractivity contribution in [2.24, 2.45) is 5.92 Å². The number of aryl methyl sites for hydroxylation is 1. The number of hydrogen-bond donors (Lipinski definition) is 1. The minimum absolute atomic E-state index is 0.162. The van der Waals surface area contributed by atoms with Crippen molar-refractivity contribution in [2.45, 2.75) is 27.2 Å². The van der Waals surface area contributed by atoms with E-state index in [1.807, 2.05) is 19.1 Å². The standard InChI is InChI=1S/C13H16N2O2/c1-8(2)6-12-14-13(17-15-12)10-7-9(3)4-5-11(10)16/h4-5,7-8,16H,6H2,1-3H3. The van der Waals surface area contributed by atoms with Gasteiger partial charge in [-0.2, -0.15) is 4.98 Å². The van der Waals surface area contributed by atoms with Crippen molar-refractivity contribution in [3.8, 4) is 17.2 Å². The predicted molar refractivity (Wildman–Crippen MR) is 64.7 cm³/mol. The summed E-state index contributed by atoms with van der Waals surface area (Å²) in [6.45, 7) is 6.15. The van der Waals surface area contributed by atoms with Crippen LogP contribution in [0.1, 0.15) is 25.2 Å². The molecule has 0 saturated heterocycles. The van der Waals surface area contributed by atoms with Crippen LogP contribution in [0.15, 0.2) is 22.7 Å². The van der Waals surface area contributed by atoms with Gasteiger partial charge in [0.2, 0.25) is 0 Å². The third-order valence-corrected chi connectivity index (χ3v) is 2.44. The zero-order chi connectivity index (χ0) is 12.4. The molecule has 1 N–H and O–H groups in total. The highest BCUT2D eigenvalue weighted by Crippen LogP contribution is 2.28. The lowest BCUT2D eigenvalue weighted by Gasteiger charge is -2.00. The van der Waals surface area contributed by atoms with Gasteiger partial charge in [0.1, 0.15) is 5.75 Å². The van der Waals surface area contributed by atoms with Gasteiger partial charge in [0.25, 0.3) is 5.89 Å². The molecule has 17 heavy (non-hydrogen) atoms.